The summed E-state index contributed by atoms with van der Waals surface area (Å²) in [6.45, 7) is 2.04. The lowest BCUT2D eigenvalue weighted by molar-refractivity contribution is -0.135. The van der Waals surface area contributed by atoms with Crippen molar-refractivity contribution in [3.05, 3.63) is 35.7 Å². The molecule has 0 saturated carbocycles. The zero-order valence-electron chi connectivity index (χ0n) is 8.10. The van der Waals surface area contributed by atoms with Gasteiger partial charge in [0.05, 0.1) is 6.42 Å². The number of aliphatic carboxylic acids is 1. The third kappa shape index (κ3) is 3.39. The molecule has 0 aliphatic carbocycles. The Kier molecular flexibility index (Phi) is 3.85. The zero-order valence-corrected chi connectivity index (χ0v) is 8.10. The summed E-state index contributed by atoms with van der Waals surface area (Å²) in [6, 6.07) is 3.88. The van der Waals surface area contributed by atoms with E-state index in [9.17, 15) is 4.79 Å². The Bertz CT molecular complexity index is 328. The van der Waals surface area contributed by atoms with E-state index in [2.05, 4.69) is 4.98 Å². The molecule has 1 heterocycles. The zero-order chi connectivity index (χ0) is 10.4. The van der Waals surface area contributed by atoms with Gasteiger partial charge in [-0.05, 0) is 18.1 Å². The summed E-state index contributed by atoms with van der Waals surface area (Å²) in [7, 11) is 0. The van der Waals surface area contributed by atoms with E-state index in [0.29, 0.717) is 0 Å². The van der Waals surface area contributed by atoms with Crippen molar-refractivity contribution in [1.82, 2.24) is 4.98 Å². The fourth-order valence-corrected chi connectivity index (χ4v) is 1.04. The minimum Gasteiger partial charge on any atom is -0.481 e. The van der Waals surface area contributed by atoms with Gasteiger partial charge in [-0.15, -0.1) is 0 Å². The van der Waals surface area contributed by atoms with Crippen LogP contribution in [-0.4, -0.2) is 16.1 Å². The van der Waals surface area contributed by atoms with Gasteiger partial charge in [-0.3, -0.25) is 9.78 Å². The van der Waals surface area contributed by atoms with Crippen molar-refractivity contribution in [2.45, 2.75) is 19.8 Å². The molecule has 1 aromatic heterocycles. The van der Waals surface area contributed by atoms with Gasteiger partial charge in [-0.1, -0.05) is 25.1 Å². The predicted octanol–water partition coefficient (Wildman–Crippen LogP) is 2.13. The van der Waals surface area contributed by atoms with Crippen molar-refractivity contribution in [2.75, 3.05) is 0 Å². The van der Waals surface area contributed by atoms with Crippen LogP contribution in [0.15, 0.2) is 24.4 Å². The molecule has 1 N–H and O–H groups in total. The Hall–Kier alpha value is -1.64. The molecule has 0 bridgehead atoms. The third-order valence-electron chi connectivity index (χ3n) is 1.81. The van der Waals surface area contributed by atoms with E-state index < -0.39 is 5.97 Å². The van der Waals surface area contributed by atoms with Gasteiger partial charge >= 0.3 is 5.97 Å². The van der Waals surface area contributed by atoms with Crippen LogP contribution in [0.4, 0.5) is 0 Å². The first-order valence-electron chi connectivity index (χ1n) is 4.55. The summed E-state index contributed by atoms with van der Waals surface area (Å²) in [5.41, 5.74) is 1.98. The number of carbonyl (C=O) groups is 1. The Morgan fingerprint density at radius 1 is 1.57 bits per heavy atom. The highest BCUT2D eigenvalue weighted by Gasteiger charge is 1.92. The predicted molar refractivity (Wildman–Crippen MR) is 54.9 cm³/mol. The van der Waals surface area contributed by atoms with Crippen molar-refractivity contribution in [2.24, 2.45) is 0 Å². The molecular weight excluding hydrogens is 178 g/mol. The van der Waals surface area contributed by atoms with E-state index in [-0.39, 0.29) is 6.42 Å². The van der Waals surface area contributed by atoms with Crippen LogP contribution in [0.3, 0.4) is 0 Å². The van der Waals surface area contributed by atoms with E-state index in [4.69, 9.17) is 5.11 Å². The molecule has 0 fully saturated rings. The highest BCUT2D eigenvalue weighted by atomic mass is 16.4. The van der Waals surface area contributed by atoms with Crippen molar-refractivity contribution >= 4 is 12.0 Å². The van der Waals surface area contributed by atoms with Crippen LogP contribution in [0.5, 0.6) is 0 Å². The average Bonchev–Trinajstić information content (AvgIpc) is 2.18. The first-order valence-corrected chi connectivity index (χ1v) is 4.55. The molecule has 74 valence electrons. The molecule has 1 rings (SSSR count). The van der Waals surface area contributed by atoms with E-state index >= 15 is 0 Å². The summed E-state index contributed by atoms with van der Waals surface area (Å²) in [5, 5.41) is 8.41. The van der Waals surface area contributed by atoms with Gasteiger partial charge in [0, 0.05) is 11.9 Å². The molecule has 0 saturated heterocycles. The monoisotopic (exact) mass is 191 g/mol. The Morgan fingerprint density at radius 3 is 2.86 bits per heavy atom. The lowest BCUT2D eigenvalue weighted by Gasteiger charge is -1.95. The van der Waals surface area contributed by atoms with Gasteiger partial charge < -0.3 is 5.11 Å². The van der Waals surface area contributed by atoms with Gasteiger partial charge in [-0.2, -0.15) is 0 Å². The second kappa shape index (κ2) is 5.17. The van der Waals surface area contributed by atoms with Gasteiger partial charge in [0.25, 0.3) is 0 Å². The molecule has 0 aromatic carbocycles. The minimum absolute atomic E-state index is 0.0511. The Labute approximate surface area is 83.1 Å². The fraction of sp³-hybridized carbons (Fsp3) is 0.273. The molecular formula is C11H13NO2. The Balaban J connectivity index is 2.59. The molecule has 14 heavy (non-hydrogen) atoms. The second-order valence-corrected chi connectivity index (χ2v) is 2.94. The number of hydrogen-bond acceptors (Lipinski definition) is 2. The second-order valence-electron chi connectivity index (χ2n) is 2.94. The Morgan fingerprint density at radius 2 is 2.36 bits per heavy atom. The molecule has 0 spiro atoms. The van der Waals surface area contributed by atoms with Gasteiger partial charge in [-0.25, -0.2) is 0 Å². The summed E-state index contributed by atoms with van der Waals surface area (Å²) in [6.07, 6.45) is 6.09. The molecule has 0 amide bonds. The number of hydrogen-bond donors (Lipinski definition) is 1. The lowest BCUT2D eigenvalue weighted by atomic mass is 10.2. The molecule has 0 aliphatic heterocycles. The van der Waals surface area contributed by atoms with Crippen LogP contribution >= 0.6 is 0 Å². The molecule has 3 nitrogen and oxygen atoms in total. The number of aromatic nitrogens is 1. The first-order chi connectivity index (χ1) is 6.72. The fourth-order valence-electron chi connectivity index (χ4n) is 1.04. The maximum absolute atomic E-state index is 10.2. The molecule has 3 heteroatoms. The van der Waals surface area contributed by atoms with Crippen molar-refractivity contribution in [1.29, 1.82) is 0 Å². The quantitative estimate of drug-likeness (QED) is 0.793. The van der Waals surface area contributed by atoms with E-state index in [1.54, 1.807) is 18.3 Å². The topological polar surface area (TPSA) is 50.2 Å². The highest BCUT2D eigenvalue weighted by molar-refractivity contribution is 5.70. The van der Waals surface area contributed by atoms with Gasteiger partial charge in [0.2, 0.25) is 0 Å². The first kappa shape index (κ1) is 10.4. The van der Waals surface area contributed by atoms with E-state index in [1.807, 2.05) is 19.1 Å². The van der Waals surface area contributed by atoms with Gasteiger partial charge in [0.15, 0.2) is 0 Å². The summed E-state index contributed by atoms with van der Waals surface area (Å²) in [4.78, 5) is 14.4. The molecule has 0 aliphatic rings. The van der Waals surface area contributed by atoms with Crippen LogP contribution in [0.1, 0.15) is 24.6 Å². The number of rotatable bonds is 4. The number of nitrogens with zero attached hydrogens (tertiary/aromatic N) is 1. The SMILES string of the molecule is CCc1ccc(/C=C/CC(=O)O)cn1. The van der Waals surface area contributed by atoms with Crippen molar-refractivity contribution < 1.29 is 9.90 Å². The normalized spacial score (nSPS) is 10.6. The molecule has 0 unspecified atom stereocenters. The molecule has 1 aromatic rings. The molecule has 0 radical (unpaired) electrons. The van der Waals surface area contributed by atoms with Crippen LogP contribution in [0.25, 0.3) is 6.08 Å². The highest BCUT2D eigenvalue weighted by Crippen LogP contribution is 2.03. The number of aryl methyl sites for hydroxylation is 1. The maximum Gasteiger partial charge on any atom is 0.307 e. The largest absolute Gasteiger partial charge is 0.481 e. The minimum atomic E-state index is -0.820. The summed E-state index contributed by atoms with van der Waals surface area (Å²) < 4.78 is 0. The van der Waals surface area contributed by atoms with Crippen LogP contribution in [0.2, 0.25) is 0 Å². The number of pyridine rings is 1. The van der Waals surface area contributed by atoms with Crippen molar-refractivity contribution in [3.8, 4) is 0 Å². The number of carboxylic acids is 1. The smallest absolute Gasteiger partial charge is 0.307 e. The lowest BCUT2D eigenvalue weighted by Crippen LogP contribution is -1.90. The van der Waals surface area contributed by atoms with Crippen LogP contribution in [0, 0.1) is 0 Å². The van der Waals surface area contributed by atoms with Gasteiger partial charge in [0.1, 0.15) is 0 Å². The average molecular weight is 191 g/mol. The van der Waals surface area contributed by atoms with E-state index in [0.717, 1.165) is 17.7 Å². The van der Waals surface area contributed by atoms with Crippen molar-refractivity contribution in [3.63, 3.8) is 0 Å². The van der Waals surface area contributed by atoms with Crippen LogP contribution in [-0.2, 0) is 11.2 Å². The number of carboxylic acid groups (broad SMARTS) is 1. The van der Waals surface area contributed by atoms with Crippen LogP contribution < -0.4 is 0 Å². The molecule has 0 atom stereocenters. The summed E-state index contributed by atoms with van der Waals surface area (Å²) in [5.74, 6) is -0.820. The van der Waals surface area contributed by atoms with E-state index in [1.165, 1.54) is 0 Å². The standard InChI is InChI=1S/C11H13NO2/c1-2-10-7-6-9(8-12-10)4-3-5-11(13)14/h3-4,6-8H,2,5H2,1H3,(H,13,14)/b4-3+. The third-order valence-corrected chi connectivity index (χ3v) is 1.81. The maximum atomic E-state index is 10.2. The summed E-state index contributed by atoms with van der Waals surface area (Å²) >= 11 is 0.